The number of hydrogen-bond acceptors (Lipinski definition) is 3. The molecule has 0 radical (unpaired) electrons. The van der Waals surface area contributed by atoms with Crippen molar-refractivity contribution in [2.24, 2.45) is 0 Å². The van der Waals surface area contributed by atoms with Crippen LogP contribution in [0.15, 0.2) is 12.3 Å². The Labute approximate surface area is 67.7 Å². The van der Waals surface area contributed by atoms with Crippen LogP contribution in [0, 0.1) is 10.1 Å². The Bertz CT molecular complexity index is 260. The summed E-state index contributed by atoms with van der Waals surface area (Å²) in [6, 6.07) is 1.34. The summed E-state index contributed by atoms with van der Waals surface area (Å²) in [7, 11) is 0. The lowest BCUT2D eigenvalue weighted by Crippen LogP contribution is -2.00. The molecule has 6 heteroatoms. The lowest BCUT2D eigenvalue weighted by atomic mass is 10.6. The van der Waals surface area contributed by atoms with Gasteiger partial charge in [-0.2, -0.15) is 4.68 Å². The highest BCUT2D eigenvalue weighted by molar-refractivity contribution is 6.17. The third-order valence-corrected chi connectivity index (χ3v) is 1.30. The predicted molar refractivity (Wildman–Crippen MR) is 39.6 cm³/mol. The van der Waals surface area contributed by atoms with E-state index in [1.165, 1.54) is 16.9 Å². The smallest absolute Gasteiger partial charge is 0.358 e. The summed E-state index contributed by atoms with van der Waals surface area (Å²) in [5, 5.41) is 13.7. The van der Waals surface area contributed by atoms with Gasteiger partial charge in [-0.15, -0.1) is 11.6 Å². The van der Waals surface area contributed by atoms with Crippen LogP contribution in [0.4, 0.5) is 5.82 Å². The van der Waals surface area contributed by atoms with Gasteiger partial charge in [0.25, 0.3) is 0 Å². The topological polar surface area (TPSA) is 61.0 Å². The van der Waals surface area contributed by atoms with Crippen LogP contribution in [-0.2, 0) is 6.54 Å². The third-order valence-electron chi connectivity index (χ3n) is 1.13. The summed E-state index contributed by atoms with van der Waals surface area (Å²) in [6.45, 7) is 0.495. The fourth-order valence-corrected chi connectivity index (χ4v) is 0.833. The van der Waals surface area contributed by atoms with Gasteiger partial charge in [0, 0.05) is 5.88 Å². The summed E-state index contributed by atoms with van der Waals surface area (Å²) in [5.74, 6) is 0.258. The second-order valence-corrected chi connectivity index (χ2v) is 2.26. The zero-order valence-corrected chi connectivity index (χ0v) is 6.36. The lowest BCUT2D eigenvalue weighted by Gasteiger charge is -1.87. The van der Waals surface area contributed by atoms with Crippen LogP contribution in [0.3, 0.4) is 0 Å². The Hall–Kier alpha value is -1.10. The molecule has 0 aliphatic carbocycles. The molecular weight excluding hydrogens is 170 g/mol. The molecule has 0 aromatic carbocycles. The first kappa shape index (κ1) is 8.00. The molecule has 0 unspecified atom stereocenters. The van der Waals surface area contributed by atoms with Gasteiger partial charge in [0.05, 0.1) is 23.9 Å². The van der Waals surface area contributed by atoms with Crippen LogP contribution in [0.2, 0.25) is 0 Å². The zero-order chi connectivity index (χ0) is 8.27. The van der Waals surface area contributed by atoms with Gasteiger partial charge in [0.1, 0.15) is 0 Å². The monoisotopic (exact) mass is 175 g/mol. The molecule has 5 nitrogen and oxygen atoms in total. The molecule has 0 fully saturated rings. The van der Waals surface area contributed by atoms with Crippen molar-refractivity contribution in [3.63, 3.8) is 0 Å². The quantitative estimate of drug-likeness (QED) is 0.392. The Morgan fingerprint density at radius 3 is 3.00 bits per heavy atom. The summed E-state index contributed by atoms with van der Waals surface area (Å²) in [6.07, 6.45) is 1.53. The van der Waals surface area contributed by atoms with Crippen LogP contribution in [0.5, 0.6) is 0 Å². The Balaban J connectivity index is 2.73. The van der Waals surface area contributed by atoms with Gasteiger partial charge in [-0.3, -0.25) is 0 Å². The number of aromatic nitrogens is 2. The maximum absolute atomic E-state index is 10.1. The largest absolute Gasteiger partial charge is 0.389 e. The molecule has 0 saturated heterocycles. The molecule has 60 valence electrons. The molecule has 0 bridgehead atoms. The van der Waals surface area contributed by atoms with Crippen molar-refractivity contribution in [2.75, 3.05) is 5.88 Å². The highest BCUT2D eigenvalue weighted by atomic mass is 35.5. The summed E-state index contributed by atoms with van der Waals surface area (Å²) >= 11 is 5.39. The minimum atomic E-state index is -0.537. The van der Waals surface area contributed by atoms with E-state index in [4.69, 9.17) is 11.6 Å². The fraction of sp³-hybridized carbons (Fsp3) is 0.400. The number of halogens is 1. The molecule has 1 aromatic heterocycles. The van der Waals surface area contributed by atoms with Gasteiger partial charge in [-0.1, -0.05) is 0 Å². The minimum Gasteiger partial charge on any atom is -0.358 e. The molecule has 0 amide bonds. The van der Waals surface area contributed by atoms with E-state index in [2.05, 4.69) is 5.10 Å². The molecule has 1 rings (SSSR count). The highest BCUT2D eigenvalue weighted by Gasteiger charge is 2.09. The summed E-state index contributed by atoms with van der Waals surface area (Å²) in [5.41, 5.74) is 0. The van der Waals surface area contributed by atoms with Crippen LogP contribution in [0.1, 0.15) is 0 Å². The van der Waals surface area contributed by atoms with E-state index >= 15 is 0 Å². The van der Waals surface area contributed by atoms with Crippen molar-refractivity contribution in [1.82, 2.24) is 9.78 Å². The standard InChI is InChI=1S/C5H6ClN3O2/c6-2-4-8-3-1-5(7-8)9(10)11/h1,3H,2,4H2. The maximum Gasteiger partial charge on any atom is 0.389 e. The number of nitro groups is 1. The lowest BCUT2D eigenvalue weighted by molar-refractivity contribution is -0.389. The molecule has 0 atom stereocenters. The molecule has 0 aliphatic rings. The first-order valence-corrected chi connectivity index (χ1v) is 3.51. The van der Waals surface area contributed by atoms with Gasteiger partial charge in [0.2, 0.25) is 0 Å². The van der Waals surface area contributed by atoms with Crippen LogP contribution in [-0.4, -0.2) is 20.6 Å². The second-order valence-electron chi connectivity index (χ2n) is 1.88. The van der Waals surface area contributed by atoms with Crippen molar-refractivity contribution in [2.45, 2.75) is 6.54 Å². The second kappa shape index (κ2) is 3.34. The van der Waals surface area contributed by atoms with Gasteiger partial charge in [0.15, 0.2) is 0 Å². The third kappa shape index (κ3) is 1.91. The van der Waals surface area contributed by atoms with E-state index in [9.17, 15) is 10.1 Å². The Kier molecular flexibility index (Phi) is 2.43. The van der Waals surface area contributed by atoms with Crippen LogP contribution in [0.25, 0.3) is 0 Å². The summed E-state index contributed by atoms with van der Waals surface area (Å²) < 4.78 is 1.44. The van der Waals surface area contributed by atoms with Crippen molar-refractivity contribution in [1.29, 1.82) is 0 Å². The first-order chi connectivity index (χ1) is 5.24. The number of rotatable bonds is 3. The van der Waals surface area contributed by atoms with E-state index in [-0.39, 0.29) is 5.82 Å². The highest BCUT2D eigenvalue weighted by Crippen LogP contribution is 2.04. The number of alkyl halides is 1. The minimum absolute atomic E-state index is 0.143. The summed E-state index contributed by atoms with van der Waals surface area (Å²) in [4.78, 5) is 9.58. The molecule has 1 heterocycles. The average Bonchev–Trinajstić information content (AvgIpc) is 2.37. The van der Waals surface area contributed by atoms with Gasteiger partial charge in [-0.05, 0) is 4.92 Å². The molecular formula is C5H6ClN3O2. The van der Waals surface area contributed by atoms with Crippen molar-refractivity contribution in [3.8, 4) is 0 Å². The van der Waals surface area contributed by atoms with Crippen molar-refractivity contribution >= 4 is 17.4 Å². The van der Waals surface area contributed by atoms with Crippen LogP contribution >= 0.6 is 11.6 Å². The fourth-order valence-electron chi connectivity index (χ4n) is 0.659. The molecule has 11 heavy (non-hydrogen) atoms. The van der Waals surface area contributed by atoms with E-state index in [1.807, 2.05) is 0 Å². The molecule has 0 N–H and O–H groups in total. The van der Waals surface area contributed by atoms with Gasteiger partial charge < -0.3 is 10.1 Å². The zero-order valence-electron chi connectivity index (χ0n) is 5.61. The van der Waals surface area contributed by atoms with E-state index in [0.29, 0.717) is 12.4 Å². The Morgan fingerprint density at radius 1 is 1.82 bits per heavy atom. The van der Waals surface area contributed by atoms with Crippen LogP contribution < -0.4 is 0 Å². The van der Waals surface area contributed by atoms with E-state index < -0.39 is 4.92 Å². The van der Waals surface area contributed by atoms with E-state index in [1.54, 1.807) is 0 Å². The van der Waals surface area contributed by atoms with Gasteiger partial charge in [-0.25, -0.2) is 0 Å². The van der Waals surface area contributed by atoms with Crippen molar-refractivity contribution in [3.05, 3.63) is 22.4 Å². The number of nitrogens with zero attached hydrogens (tertiary/aromatic N) is 3. The number of hydrogen-bond donors (Lipinski definition) is 0. The SMILES string of the molecule is O=[N+]([O-])c1ccn(CCCl)n1. The van der Waals surface area contributed by atoms with E-state index in [0.717, 1.165) is 0 Å². The first-order valence-electron chi connectivity index (χ1n) is 2.98. The maximum atomic E-state index is 10.1. The normalized spacial score (nSPS) is 9.91. The predicted octanol–water partition coefficient (Wildman–Crippen LogP) is 1.03. The number of aryl methyl sites for hydroxylation is 1. The Morgan fingerprint density at radius 2 is 2.55 bits per heavy atom. The molecule has 0 saturated carbocycles. The molecule has 0 aliphatic heterocycles. The average molecular weight is 176 g/mol. The van der Waals surface area contributed by atoms with Crippen molar-refractivity contribution < 1.29 is 4.92 Å². The molecule has 1 aromatic rings. The van der Waals surface area contributed by atoms with Gasteiger partial charge >= 0.3 is 5.82 Å². The molecule has 0 spiro atoms.